The lowest BCUT2D eigenvalue weighted by atomic mass is 10.1. The van der Waals surface area contributed by atoms with Crippen molar-refractivity contribution in [3.8, 4) is 22.6 Å². The van der Waals surface area contributed by atoms with Gasteiger partial charge >= 0.3 is 0 Å². The van der Waals surface area contributed by atoms with Gasteiger partial charge in [0.15, 0.2) is 10.1 Å². The van der Waals surface area contributed by atoms with Gasteiger partial charge < -0.3 is 4.42 Å². The minimum absolute atomic E-state index is 0.000851. The predicted octanol–water partition coefficient (Wildman–Crippen LogP) is 4.15. The van der Waals surface area contributed by atoms with Crippen molar-refractivity contribution in [2.24, 2.45) is 5.14 Å². The zero-order chi connectivity index (χ0) is 21.2. The molecule has 0 fully saturated rings. The largest absolute Gasteiger partial charge is 0.439 e. The predicted molar refractivity (Wildman–Crippen MR) is 117 cm³/mol. The maximum absolute atomic E-state index is 11.5. The number of hydrogen-bond acceptors (Lipinski definition) is 7. The average molecular weight is 470 g/mol. The van der Waals surface area contributed by atoms with Gasteiger partial charge in [0, 0.05) is 23.2 Å². The first kappa shape index (κ1) is 21.8. The van der Waals surface area contributed by atoms with Gasteiger partial charge in [-0.05, 0) is 36.4 Å². The highest BCUT2D eigenvalue weighted by molar-refractivity contribution is 8.22. The topological polar surface area (TPSA) is 110 Å². The van der Waals surface area contributed by atoms with Gasteiger partial charge in [-0.15, -0.1) is 0 Å². The quantitative estimate of drug-likeness (QED) is 0.423. The van der Waals surface area contributed by atoms with E-state index in [4.69, 9.17) is 33.4 Å². The van der Waals surface area contributed by atoms with E-state index in [1.54, 1.807) is 24.3 Å². The van der Waals surface area contributed by atoms with E-state index in [9.17, 15) is 13.6 Å². The molecule has 0 aliphatic rings. The molecule has 0 aliphatic carbocycles. The summed E-state index contributed by atoms with van der Waals surface area (Å²) in [5.74, 6) is 1.17. The van der Waals surface area contributed by atoms with Gasteiger partial charge in [-0.2, -0.15) is 0 Å². The number of primary sulfonamides is 1. The van der Waals surface area contributed by atoms with Gasteiger partial charge in [0.1, 0.15) is 5.69 Å². The molecule has 7 nitrogen and oxygen atoms in total. The van der Waals surface area contributed by atoms with Crippen LogP contribution in [0, 0.1) is 0 Å². The van der Waals surface area contributed by atoms with Crippen molar-refractivity contribution >= 4 is 49.9 Å². The van der Waals surface area contributed by atoms with E-state index in [-0.39, 0.29) is 9.22 Å². The van der Waals surface area contributed by atoms with Crippen molar-refractivity contribution < 1.29 is 18.0 Å². The fourth-order valence-corrected chi connectivity index (χ4v) is 3.81. The number of hydrogen-bond donors (Lipinski definition) is 2. The summed E-state index contributed by atoms with van der Waals surface area (Å²) < 4.78 is 29.2. The zero-order valence-corrected chi connectivity index (χ0v) is 18.3. The molecule has 3 aromatic rings. The Labute approximate surface area is 182 Å². The summed E-state index contributed by atoms with van der Waals surface area (Å²) in [4.78, 5) is 4.56. The van der Waals surface area contributed by atoms with Crippen LogP contribution in [0.1, 0.15) is 5.89 Å². The van der Waals surface area contributed by atoms with Crippen LogP contribution in [0.3, 0.4) is 0 Å². The number of thiocarbonyl (C=S) groups is 1. The van der Waals surface area contributed by atoms with E-state index >= 15 is 0 Å². The van der Waals surface area contributed by atoms with E-state index in [0.29, 0.717) is 33.7 Å². The van der Waals surface area contributed by atoms with Crippen LogP contribution in [0.5, 0.6) is 0 Å². The number of halogens is 1. The number of nitrogens with zero attached hydrogens (tertiary/aromatic N) is 2. The van der Waals surface area contributed by atoms with E-state index in [1.165, 1.54) is 30.9 Å². The second-order valence-electron chi connectivity index (χ2n) is 5.94. The number of nitrogens with two attached hydrogens (primary N) is 1. The number of sulfonamides is 1. The van der Waals surface area contributed by atoms with Crippen LogP contribution in [-0.2, 0) is 15.8 Å². The molecular weight excluding hydrogens is 454 g/mol. The molecule has 0 amide bonds. The minimum atomic E-state index is -3.80. The van der Waals surface area contributed by atoms with Gasteiger partial charge in [0.2, 0.25) is 15.9 Å². The standard InChI is InChI=1S/C18H16ClN3O4S3/c1-22(23)18(27)28-10-15-21-16(11-2-6-13(19)7-3-11)17(26-15)12-4-8-14(9-5-12)29(20,24)25/h2-9,23H,10H2,1H3,(H2,20,24,25). The van der Waals surface area contributed by atoms with Crippen LogP contribution >= 0.6 is 35.6 Å². The molecular formula is C18H16ClN3O4S3. The normalized spacial score (nSPS) is 11.4. The molecule has 0 saturated carbocycles. The number of aromatic nitrogens is 1. The van der Waals surface area contributed by atoms with Crippen molar-refractivity contribution in [2.45, 2.75) is 10.6 Å². The molecule has 2 aromatic carbocycles. The SMILES string of the molecule is CN(O)C(=S)SCc1nc(-c2ccc(Cl)cc2)c(-c2ccc(S(N)(=O)=O)cc2)o1. The Hall–Kier alpha value is -1.95. The van der Waals surface area contributed by atoms with Gasteiger partial charge in [-0.1, -0.05) is 47.7 Å². The minimum Gasteiger partial charge on any atom is -0.439 e. The average Bonchev–Trinajstić information content (AvgIpc) is 3.10. The molecule has 3 N–H and O–H groups in total. The highest BCUT2D eigenvalue weighted by Crippen LogP contribution is 2.34. The van der Waals surface area contributed by atoms with Crippen LogP contribution < -0.4 is 5.14 Å². The van der Waals surface area contributed by atoms with Gasteiger partial charge in [-0.25, -0.2) is 23.6 Å². The van der Waals surface area contributed by atoms with Crippen LogP contribution in [0.15, 0.2) is 57.8 Å². The third kappa shape index (κ3) is 5.35. The fourth-order valence-electron chi connectivity index (χ4n) is 2.44. The molecule has 0 bridgehead atoms. The second kappa shape index (κ2) is 8.82. The van der Waals surface area contributed by atoms with Crippen LogP contribution in [0.25, 0.3) is 22.6 Å². The summed E-state index contributed by atoms with van der Waals surface area (Å²) in [6.07, 6.45) is 0. The highest BCUT2D eigenvalue weighted by Gasteiger charge is 2.19. The smallest absolute Gasteiger partial charge is 0.238 e. The molecule has 0 atom stereocenters. The lowest BCUT2D eigenvalue weighted by Gasteiger charge is -2.08. The van der Waals surface area contributed by atoms with Crippen molar-refractivity contribution in [3.63, 3.8) is 0 Å². The Morgan fingerprint density at radius 1 is 1.21 bits per heavy atom. The summed E-state index contributed by atoms with van der Waals surface area (Å²) in [7, 11) is -2.36. The molecule has 0 saturated heterocycles. The molecule has 0 spiro atoms. The lowest BCUT2D eigenvalue weighted by Crippen LogP contribution is -2.17. The molecule has 0 radical (unpaired) electrons. The Kier molecular flexibility index (Phi) is 6.62. The zero-order valence-electron chi connectivity index (χ0n) is 15.1. The van der Waals surface area contributed by atoms with Gasteiger partial charge in [0.25, 0.3) is 0 Å². The lowest BCUT2D eigenvalue weighted by molar-refractivity contribution is 0.0205. The Morgan fingerprint density at radius 3 is 2.34 bits per heavy atom. The monoisotopic (exact) mass is 469 g/mol. The van der Waals surface area contributed by atoms with Crippen LogP contribution in [0.4, 0.5) is 0 Å². The number of benzene rings is 2. The Balaban J connectivity index is 2.01. The Morgan fingerprint density at radius 2 is 1.79 bits per heavy atom. The van der Waals surface area contributed by atoms with Crippen molar-refractivity contribution in [3.05, 3.63) is 59.4 Å². The molecule has 1 heterocycles. The van der Waals surface area contributed by atoms with Crippen LogP contribution in [-0.4, -0.2) is 35.0 Å². The summed E-state index contributed by atoms with van der Waals surface area (Å²) >= 11 is 12.2. The van der Waals surface area contributed by atoms with Gasteiger partial charge in [-0.3, -0.25) is 5.21 Å². The number of rotatable bonds is 5. The van der Waals surface area contributed by atoms with E-state index in [0.717, 1.165) is 10.6 Å². The summed E-state index contributed by atoms with van der Waals surface area (Å²) in [6.45, 7) is 0. The highest BCUT2D eigenvalue weighted by atomic mass is 35.5. The summed E-state index contributed by atoms with van der Waals surface area (Å²) in [5, 5.41) is 16.0. The second-order valence-corrected chi connectivity index (χ2v) is 9.55. The van der Waals surface area contributed by atoms with E-state index in [1.807, 2.05) is 12.1 Å². The summed E-state index contributed by atoms with van der Waals surface area (Å²) in [6, 6.07) is 13.1. The molecule has 0 unspecified atom stereocenters. The molecule has 29 heavy (non-hydrogen) atoms. The van der Waals surface area contributed by atoms with Crippen molar-refractivity contribution in [2.75, 3.05) is 7.05 Å². The first-order valence-electron chi connectivity index (χ1n) is 8.13. The summed E-state index contributed by atoms with van der Waals surface area (Å²) in [5.41, 5.74) is 1.98. The third-order valence-electron chi connectivity index (χ3n) is 3.82. The molecule has 1 aromatic heterocycles. The maximum atomic E-state index is 11.5. The van der Waals surface area contributed by atoms with Crippen LogP contribution in [0.2, 0.25) is 5.02 Å². The number of hydroxylamine groups is 2. The molecule has 3 rings (SSSR count). The number of thioether (sulfide) groups is 1. The fraction of sp³-hybridized carbons (Fsp3) is 0.111. The van der Waals surface area contributed by atoms with Gasteiger partial charge in [0.05, 0.1) is 10.6 Å². The molecule has 152 valence electrons. The maximum Gasteiger partial charge on any atom is 0.238 e. The molecule has 11 heteroatoms. The Bertz CT molecular complexity index is 1130. The molecule has 0 aliphatic heterocycles. The first-order valence-corrected chi connectivity index (χ1v) is 11.4. The van der Waals surface area contributed by atoms with E-state index < -0.39 is 10.0 Å². The van der Waals surface area contributed by atoms with Crippen molar-refractivity contribution in [1.82, 2.24) is 10.0 Å². The number of oxazole rings is 1. The first-order chi connectivity index (χ1) is 13.6. The third-order valence-corrected chi connectivity index (χ3v) is 6.52. The van der Waals surface area contributed by atoms with E-state index in [2.05, 4.69) is 4.98 Å². The van der Waals surface area contributed by atoms with Crippen molar-refractivity contribution in [1.29, 1.82) is 0 Å².